The molecule has 0 spiro atoms. The molecule has 0 bridgehead atoms. The van der Waals surface area contributed by atoms with Crippen molar-refractivity contribution < 1.29 is 13.3 Å². The van der Waals surface area contributed by atoms with Crippen LogP contribution in [0.2, 0.25) is 0 Å². The Kier molecular flexibility index (Phi) is 8.55. The summed E-state index contributed by atoms with van der Waals surface area (Å²) in [6.07, 6.45) is 0. The molecule has 0 fully saturated rings. The van der Waals surface area contributed by atoms with Gasteiger partial charge in [0.25, 0.3) is 0 Å². The summed E-state index contributed by atoms with van der Waals surface area (Å²) < 4.78 is 28.0. The molecule has 0 aliphatic carbocycles. The quantitative estimate of drug-likeness (QED) is 0.583. The van der Waals surface area contributed by atoms with Crippen LogP contribution in [-0.2, 0) is 31.8 Å². The third-order valence-corrected chi connectivity index (χ3v) is 8.72. The van der Waals surface area contributed by atoms with E-state index < -0.39 is 28.0 Å². The smallest absolute Gasteiger partial charge is 0.211 e. The van der Waals surface area contributed by atoms with Crippen LogP contribution < -0.4 is 4.72 Å². The Morgan fingerprint density at radius 2 is 1.70 bits per heavy atom. The van der Waals surface area contributed by atoms with E-state index in [2.05, 4.69) is 20.7 Å². The Labute approximate surface area is 155 Å². The fourth-order valence-corrected chi connectivity index (χ4v) is 6.56. The predicted molar refractivity (Wildman–Crippen MR) is 105 cm³/mol. The summed E-state index contributed by atoms with van der Waals surface area (Å²) in [4.78, 5) is 0. The van der Waals surface area contributed by atoms with Crippen LogP contribution in [0.4, 0.5) is 0 Å². The molecule has 8 heteroatoms. The number of hydrogen-bond donors (Lipinski definition) is 1. The molecule has 0 amide bonds. The van der Waals surface area contributed by atoms with Gasteiger partial charge in [-0.3, -0.25) is 0 Å². The lowest BCUT2D eigenvalue weighted by molar-refractivity contribution is 0.258. The molecule has 0 heterocycles. The van der Waals surface area contributed by atoms with E-state index in [9.17, 15) is 4.21 Å². The molecular weight excluding hydrogens is 417 g/mol. The van der Waals surface area contributed by atoms with Gasteiger partial charge in [0.05, 0.1) is 28.9 Å². The summed E-state index contributed by atoms with van der Waals surface area (Å²) in [5.41, 5.74) is 0.913. The highest BCUT2D eigenvalue weighted by Crippen LogP contribution is 2.60. The van der Waals surface area contributed by atoms with Crippen molar-refractivity contribution in [1.29, 1.82) is 0 Å². The van der Waals surface area contributed by atoms with Crippen LogP contribution in [0.3, 0.4) is 0 Å². The molecule has 1 N–H and O–H groups in total. The van der Waals surface area contributed by atoms with Crippen molar-refractivity contribution in [2.75, 3.05) is 13.2 Å². The van der Waals surface area contributed by atoms with Crippen molar-refractivity contribution in [3.05, 3.63) is 34.3 Å². The Balaban J connectivity index is 3.26. The lowest BCUT2D eigenvalue weighted by atomic mass is 10.2. The zero-order valence-electron chi connectivity index (χ0n) is 14.2. The maximum atomic E-state index is 12.6. The molecule has 0 saturated heterocycles. The van der Waals surface area contributed by atoms with Crippen molar-refractivity contribution in [3.8, 4) is 0 Å². The number of benzene rings is 1. The number of rotatable bonds is 8. The molecule has 4 nitrogen and oxygen atoms in total. The van der Waals surface area contributed by atoms with Crippen LogP contribution in [0.1, 0.15) is 46.0 Å². The average molecular weight is 442 g/mol. The zero-order valence-corrected chi connectivity index (χ0v) is 18.3. The first-order chi connectivity index (χ1) is 10.6. The summed E-state index contributed by atoms with van der Waals surface area (Å²) in [5, 5.41) is 0. The van der Waals surface area contributed by atoms with Crippen molar-refractivity contribution in [3.63, 3.8) is 0 Å². The van der Waals surface area contributed by atoms with Gasteiger partial charge in [0.15, 0.2) is 0 Å². The molecule has 1 aromatic rings. The van der Waals surface area contributed by atoms with Crippen LogP contribution in [0.25, 0.3) is 0 Å². The molecule has 23 heavy (non-hydrogen) atoms. The van der Waals surface area contributed by atoms with Gasteiger partial charge in [-0.1, -0.05) is 28.1 Å². The predicted octanol–water partition coefficient (Wildman–Crippen LogP) is 4.88. The van der Waals surface area contributed by atoms with E-state index in [0.29, 0.717) is 13.2 Å². The van der Waals surface area contributed by atoms with E-state index in [1.807, 2.05) is 58.9 Å². The third kappa shape index (κ3) is 6.31. The molecular formula is C15H25BrNO3PS2. The van der Waals surface area contributed by atoms with Gasteiger partial charge in [-0.2, -0.15) is 0 Å². The molecule has 0 aliphatic rings. The highest BCUT2D eigenvalue weighted by Gasteiger charge is 2.35. The van der Waals surface area contributed by atoms with E-state index in [1.54, 1.807) is 0 Å². The summed E-state index contributed by atoms with van der Waals surface area (Å²) in [5.74, 6) is -0.425. The first-order valence-corrected chi connectivity index (χ1v) is 12.1. The Morgan fingerprint density at radius 1 is 1.22 bits per heavy atom. The molecule has 1 rings (SSSR count). The van der Waals surface area contributed by atoms with Gasteiger partial charge >= 0.3 is 0 Å². The molecule has 0 aromatic heterocycles. The van der Waals surface area contributed by atoms with Crippen LogP contribution in [-0.4, -0.2) is 22.2 Å². The lowest BCUT2D eigenvalue weighted by Crippen LogP contribution is -2.36. The van der Waals surface area contributed by atoms with E-state index >= 15 is 0 Å². The second-order valence-electron chi connectivity index (χ2n) is 5.83. The maximum Gasteiger partial charge on any atom is 0.211 e. The van der Waals surface area contributed by atoms with Gasteiger partial charge in [-0.15, -0.1) is 0 Å². The van der Waals surface area contributed by atoms with Gasteiger partial charge < -0.3 is 9.05 Å². The molecule has 1 unspecified atom stereocenters. The fourth-order valence-electron chi connectivity index (χ4n) is 1.78. The average Bonchev–Trinajstić information content (AvgIpc) is 2.45. The Morgan fingerprint density at radius 3 is 2.09 bits per heavy atom. The maximum absolute atomic E-state index is 12.6. The fraction of sp³-hybridized carbons (Fsp3) is 0.600. The highest BCUT2D eigenvalue weighted by molar-refractivity contribution is 9.10. The second-order valence-corrected chi connectivity index (χ2v) is 12.4. The molecule has 2 atom stereocenters. The van der Waals surface area contributed by atoms with Gasteiger partial charge in [0.2, 0.25) is 6.49 Å². The van der Waals surface area contributed by atoms with Crippen LogP contribution >= 0.6 is 22.4 Å². The van der Waals surface area contributed by atoms with Gasteiger partial charge in [0.1, 0.15) is 5.78 Å². The molecule has 132 valence electrons. The standard InChI is InChI=1S/C15H25BrNO3PS2/c1-6-19-21(22,20-7-2)14(17-23(18)15(3,4)5)12-8-10-13(16)11-9-12/h8-11,14,17H,6-7H2,1-5H3/t14-,23?/m1/s1. The monoisotopic (exact) mass is 441 g/mol. The Bertz CT molecular complexity index is 565. The topological polar surface area (TPSA) is 47.6 Å². The van der Waals surface area contributed by atoms with Crippen LogP contribution in [0.5, 0.6) is 0 Å². The van der Waals surface area contributed by atoms with Crippen LogP contribution in [0, 0.1) is 0 Å². The lowest BCUT2D eigenvalue weighted by Gasteiger charge is -2.32. The summed E-state index contributed by atoms with van der Waals surface area (Å²) in [6, 6.07) is 7.75. The minimum absolute atomic E-state index is 0.411. The minimum Gasteiger partial charge on any atom is -0.328 e. The normalized spacial score (nSPS) is 15.4. The summed E-state index contributed by atoms with van der Waals surface area (Å²) in [7, 11) is -1.29. The summed E-state index contributed by atoms with van der Waals surface area (Å²) in [6.45, 7) is 7.75. The highest BCUT2D eigenvalue weighted by atomic mass is 79.9. The van der Waals surface area contributed by atoms with E-state index in [0.717, 1.165) is 10.0 Å². The molecule has 0 radical (unpaired) electrons. The van der Waals surface area contributed by atoms with Gasteiger partial charge in [0, 0.05) is 4.47 Å². The van der Waals surface area contributed by atoms with Crippen LogP contribution in [0.15, 0.2) is 28.7 Å². The largest absolute Gasteiger partial charge is 0.328 e. The van der Waals surface area contributed by atoms with Gasteiger partial charge in [-0.05, 0) is 64.1 Å². The molecule has 0 aliphatic heterocycles. The Hall–Kier alpha value is 0.380. The number of nitrogens with one attached hydrogen (secondary N) is 1. The van der Waals surface area contributed by atoms with Crippen molar-refractivity contribution in [1.82, 2.24) is 4.72 Å². The molecule has 1 aromatic carbocycles. The minimum atomic E-state index is -2.68. The van der Waals surface area contributed by atoms with E-state index in [-0.39, 0.29) is 0 Å². The zero-order chi connectivity index (χ0) is 17.7. The van der Waals surface area contributed by atoms with Crippen molar-refractivity contribution in [2.45, 2.75) is 45.1 Å². The second kappa shape index (κ2) is 9.18. The van der Waals surface area contributed by atoms with E-state index in [4.69, 9.17) is 20.9 Å². The number of hydrogen-bond acceptors (Lipinski definition) is 4. The van der Waals surface area contributed by atoms with E-state index in [1.165, 1.54) is 0 Å². The first kappa shape index (κ1) is 21.4. The first-order valence-electron chi connectivity index (χ1n) is 7.46. The SMILES string of the molecule is CCOP(=S)(OCC)[C@@H](NS(=O)C(C)(C)C)c1ccc(Br)cc1. The van der Waals surface area contributed by atoms with Gasteiger partial charge in [-0.25, -0.2) is 8.93 Å². The van der Waals surface area contributed by atoms with Crippen molar-refractivity contribution >= 4 is 45.2 Å². The number of halogens is 1. The third-order valence-electron chi connectivity index (χ3n) is 2.89. The van der Waals surface area contributed by atoms with Crippen molar-refractivity contribution in [2.24, 2.45) is 0 Å². The molecule has 0 saturated carbocycles. The summed E-state index contributed by atoms with van der Waals surface area (Å²) >= 11 is 9.16.